The van der Waals surface area contributed by atoms with Crippen molar-refractivity contribution in [2.24, 2.45) is 11.7 Å². The van der Waals surface area contributed by atoms with E-state index < -0.39 is 6.10 Å². The van der Waals surface area contributed by atoms with E-state index in [0.29, 0.717) is 0 Å². The minimum Gasteiger partial charge on any atom is -0.391 e. The Labute approximate surface area is 105 Å². The van der Waals surface area contributed by atoms with Gasteiger partial charge in [0.1, 0.15) is 0 Å². The van der Waals surface area contributed by atoms with Crippen molar-refractivity contribution in [3.8, 4) is 0 Å². The van der Waals surface area contributed by atoms with Gasteiger partial charge in [0.05, 0.1) is 12.1 Å². The molecule has 2 nitrogen and oxygen atoms in total. The molecule has 0 unspecified atom stereocenters. The molecule has 3 N–H and O–H groups in total. The minimum absolute atomic E-state index is 0.152. The van der Waals surface area contributed by atoms with Crippen LogP contribution >= 0.6 is 0 Å². The molecule has 0 saturated heterocycles. The second-order valence-corrected chi connectivity index (χ2v) is 6.13. The van der Waals surface area contributed by atoms with Gasteiger partial charge in [-0.1, -0.05) is 58.9 Å². The smallest absolute Gasteiger partial charge is 0.0755 e. The fourth-order valence-electron chi connectivity index (χ4n) is 1.82. The highest BCUT2D eigenvalue weighted by Gasteiger charge is 2.20. The van der Waals surface area contributed by atoms with Gasteiger partial charge in [0.2, 0.25) is 0 Å². The highest BCUT2D eigenvalue weighted by molar-refractivity contribution is 5.29. The van der Waals surface area contributed by atoms with Crippen LogP contribution < -0.4 is 5.73 Å². The lowest BCUT2D eigenvalue weighted by molar-refractivity contribution is 0.0979. The summed E-state index contributed by atoms with van der Waals surface area (Å²) in [6, 6.07) is 7.95. The number of benzene rings is 1. The summed E-state index contributed by atoms with van der Waals surface area (Å²) in [5.74, 6) is 0.173. The van der Waals surface area contributed by atoms with Crippen LogP contribution in [0.15, 0.2) is 24.3 Å². The number of hydrogen-bond acceptors (Lipinski definition) is 2. The summed E-state index contributed by atoms with van der Waals surface area (Å²) in [4.78, 5) is 0. The summed E-state index contributed by atoms with van der Waals surface area (Å²) >= 11 is 0. The summed E-state index contributed by atoms with van der Waals surface area (Å²) in [5, 5.41) is 9.95. The molecule has 2 atom stereocenters. The Hall–Kier alpha value is -0.860. The Morgan fingerprint density at radius 1 is 1.06 bits per heavy atom. The molecule has 0 bridgehead atoms. The van der Waals surface area contributed by atoms with Gasteiger partial charge in [-0.05, 0) is 22.5 Å². The van der Waals surface area contributed by atoms with Gasteiger partial charge < -0.3 is 10.8 Å². The van der Waals surface area contributed by atoms with E-state index in [2.05, 4.69) is 32.9 Å². The van der Waals surface area contributed by atoms with Crippen LogP contribution in [0.5, 0.6) is 0 Å². The molecule has 1 aromatic rings. The largest absolute Gasteiger partial charge is 0.391 e. The third-order valence-electron chi connectivity index (χ3n) is 3.21. The lowest BCUT2D eigenvalue weighted by Gasteiger charge is -2.24. The Morgan fingerprint density at radius 3 is 1.88 bits per heavy atom. The maximum absolute atomic E-state index is 9.95. The van der Waals surface area contributed by atoms with Crippen LogP contribution in [0, 0.1) is 5.92 Å². The highest BCUT2D eigenvalue weighted by atomic mass is 16.3. The van der Waals surface area contributed by atoms with Crippen molar-refractivity contribution < 1.29 is 5.11 Å². The van der Waals surface area contributed by atoms with Crippen molar-refractivity contribution in [2.75, 3.05) is 0 Å². The van der Waals surface area contributed by atoms with Crippen molar-refractivity contribution in [3.63, 3.8) is 0 Å². The standard InChI is InChI=1S/C15H25NO/c1-10(2)14(17)13(16)11-6-8-12(9-7-11)15(3,4)5/h6-10,13-14,17H,16H2,1-5H3/t13-,14+/m1/s1. The lowest BCUT2D eigenvalue weighted by Crippen LogP contribution is -2.30. The van der Waals surface area contributed by atoms with Gasteiger partial charge >= 0.3 is 0 Å². The zero-order chi connectivity index (χ0) is 13.2. The Balaban J connectivity index is 2.88. The van der Waals surface area contributed by atoms with E-state index in [-0.39, 0.29) is 17.4 Å². The molecule has 0 radical (unpaired) electrons. The fraction of sp³-hybridized carbons (Fsp3) is 0.600. The minimum atomic E-state index is -0.490. The number of hydrogen-bond donors (Lipinski definition) is 2. The first kappa shape index (κ1) is 14.2. The molecule has 1 aromatic carbocycles. The van der Waals surface area contributed by atoms with Crippen molar-refractivity contribution in [3.05, 3.63) is 35.4 Å². The molecule has 0 saturated carbocycles. The summed E-state index contributed by atoms with van der Waals surface area (Å²) in [6.45, 7) is 10.5. The fourth-order valence-corrected chi connectivity index (χ4v) is 1.82. The van der Waals surface area contributed by atoms with Crippen molar-refractivity contribution in [2.45, 2.75) is 52.2 Å². The quantitative estimate of drug-likeness (QED) is 0.846. The van der Waals surface area contributed by atoms with Gasteiger partial charge in [-0.2, -0.15) is 0 Å². The molecule has 0 spiro atoms. The van der Waals surface area contributed by atoms with Gasteiger partial charge in [0, 0.05) is 0 Å². The predicted molar refractivity (Wildman–Crippen MR) is 72.9 cm³/mol. The van der Waals surface area contributed by atoms with E-state index in [1.54, 1.807) is 0 Å². The molecule has 1 rings (SSSR count). The van der Waals surface area contributed by atoms with E-state index in [4.69, 9.17) is 5.73 Å². The molecule has 17 heavy (non-hydrogen) atoms. The zero-order valence-corrected chi connectivity index (χ0v) is 11.6. The van der Waals surface area contributed by atoms with Gasteiger partial charge in [0.25, 0.3) is 0 Å². The van der Waals surface area contributed by atoms with E-state index in [9.17, 15) is 5.11 Å². The first-order valence-electron chi connectivity index (χ1n) is 6.27. The molecule has 0 aliphatic carbocycles. The van der Waals surface area contributed by atoms with Crippen molar-refractivity contribution in [1.82, 2.24) is 0 Å². The number of aliphatic hydroxyl groups is 1. The molecule has 0 aliphatic heterocycles. The zero-order valence-electron chi connectivity index (χ0n) is 11.6. The van der Waals surface area contributed by atoms with Crippen LogP contribution in [0.4, 0.5) is 0 Å². The summed E-state index contributed by atoms with van der Waals surface area (Å²) in [7, 11) is 0. The molecule has 0 aromatic heterocycles. The second kappa shape index (κ2) is 5.19. The van der Waals surface area contributed by atoms with E-state index in [1.807, 2.05) is 26.0 Å². The van der Waals surface area contributed by atoms with Crippen LogP contribution in [-0.2, 0) is 5.41 Å². The number of aliphatic hydroxyl groups excluding tert-OH is 1. The number of rotatable bonds is 3. The third kappa shape index (κ3) is 3.55. The van der Waals surface area contributed by atoms with E-state index in [1.165, 1.54) is 5.56 Å². The van der Waals surface area contributed by atoms with Gasteiger partial charge in [-0.25, -0.2) is 0 Å². The van der Waals surface area contributed by atoms with E-state index >= 15 is 0 Å². The van der Waals surface area contributed by atoms with Crippen LogP contribution in [0.3, 0.4) is 0 Å². The highest BCUT2D eigenvalue weighted by Crippen LogP contribution is 2.25. The topological polar surface area (TPSA) is 46.2 Å². The number of nitrogens with two attached hydrogens (primary N) is 1. The Morgan fingerprint density at radius 2 is 1.53 bits per heavy atom. The van der Waals surface area contributed by atoms with Crippen LogP contribution in [-0.4, -0.2) is 11.2 Å². The van der Waals surface area contributed by atoms with Crippen LogP contribution in [0.25, 0.3) is 0 Å². The first-order chi connectivity index (χ1) is 7.73. The first-order valence-corrected chi connectivity index (χ1v) is 6.27. The van der Waals surface area contributed by atoms with Gasteiger partial charge in [0.15, 0.2) is 0 Å². The lowest BCUT2D eigenvalue weighted by atomic mass is 9.85. The maximum Gasteiger partial charge on any atom is 0.0755 e. The summed E-state index contributed by atoms with van der Waals surface area (Å²) < 4.78 is 0. The molecule has 2 heteroatoms. The normalized spacial score (nSPS) is 16.0. The SMILES string of the molecule is CC(C)[C@H](O)[C@H](N)c1ccc(C(C)(C)C)cc1. The molecule has 0 amide bonds. The summed E-state index contributed by atoms with van der Waals surface area (Å²) in [5.41, 5.74) is 8.48. The monoisotopic (exact) mass is 235 g/mol. The summed E-state index contributed by atoms with van der Waals surface area (Å²) in [6.07, 6.45) is -0.490. The molecule has 96 valence electrons. The molecular weight excluding hydrogens is 210 g/mol. The third-order valence-corrected chi connectivity index (χ3v) is 3.21. The average molecular weight is 235 g/mol. The van der Waals surface area contributed by atoms with E-state index in [0.717, 1.165) is 5.56 Å². The molecule has 0 aliphatic rings. The van der Waals surface area contributed by atoms with Crippen LogP contribution in [0.1, 0.15) is 51.8 Å². The van der Waals surface area contributed by atoms with Crippen LogP contribution in [0.2, 0.25) is 0 Å². The molecule has 0 heterocycles. The molecule has 0 fully saturated rings. The van der Waals surface area contributed by atoms with Gasteiger partial charge in [-0.3, -0.25) is 0 Å². The Kier molecular flexibility index (Phi) is 4.34. The van der Waals surface area contributed by atoms with Crippen molar-refractivity contribution >= 4 is 0 Å². The molecular formula is C15H25NO. The van der Waals surface area contributed by atoms with Crippen molar-refractivity contribution in [1.29, 1.82) is 0 Å². The van der Waals surface area contributed by atoms with Gasteiger partial charge in [-0.15, -0.1) is 0 Å². The maximum atomic E-state index is 9.95. The second-order valence-electron chi connectivity index (χ2n) is 6.13. The predicted octanol–water partition coefficient (Wildman–Crippen LogP) is 3.00. The average Bonchev–Trinajstić information content (AvgIpc) is 2.26. The Bertz CT molecular complexity index is 348.